The molecule has 1 saturated heterocycles. The van der Waals surface area contributed by atoms with Crippen molar-refractivity contribution < 1.29 is 18.0 Å². The number of aryl methyl sites for hydroxylation is 1. The Kier molecular flexibility index (Phi) is 7.40. The van der Waals surface area contributed by atoms with Gasteiger partial charge in [0, 0.05) is 36.7 Å². The van der Waals surface area contributed by atoms with E-state index in [2.05, 4.69) is 9.71 Å². The van der Waals surface area contributed by atoms with E-state index in [0.717, 1.165) is 30.4 Å². The number of hydrogen-bond donors (Lipinski definition) is 1. The van der Waals surface area contributed by atoms with Crippen LogP contribution >= 0.6 is 0 Å². The predicted molar refractivity (Wildman–Crippen MR) is 135 cm³/mol. The van der Waals surface area contributed by atoms with Crippen LogP contribution in [0.4, 0.5) is 0 Å². The molecular weight excluding hydrogens is 462 g/mol. The molecule has 2 amide bonds. The number of benzene rings is 2. The normalized spacial score (nSPS) is 19.9. The first-order chi connectivity index (χ1) is 16.7. The third-order valence-corrected chi connectivity index (χ3v) is 8.55. The van der Waals surface area contributed by atoms with Crippen LogP contribution in [-0.2, 0) is 26.2 Å². The van der Waals surface area contributed by atoms with E-state index in [1.54, 1.807) is 19.1 Å². The molecule has 1 N–H and O–H groups in total. The maximum absolute atomic E-state index is 13.0. The lowest BCUT2D eigenvalue weighted by molar-refractivity contribution is -0.128. The Morgan fingerprint density at radius 1 is 1.11 bits per heavy atom. The molecule has 2 aromatic rings. The molecule has 1 aliphatic carbocycles. The number of nitrogens with one attached hydrogen (secondary N) is 1. The molecule has 1 heterocycles. The van der Waals surface area contributed by atoms with Crippen molar-refractivity contribution in [1.82, 2.24) is 10.2 Å². The fourth-order valence-electron chi connectivity index (χ4n) is 4.95. The van der Waals surface area contributed by atoms with Gasteiger partial charge in [0.05, 0.1) is 11.3 Å². The summed E-state index contributed by atoms with van der Waals surface area (Å²) in [6.45, 7) is 4.87. The third-order valence-electron chi connectivity index (χ3n) is 7.19. The predicted octanol–water partition coefficient (Wildman–Crippen LogP) is 4.01. The summed E-state index contributed by atoms with van der Waals surface area (Å²) < 4.78 is 29.4. The Labute approximate surface area is 207 Å². The highest BCUT2D eigenvalue weighted by Gasteiger charge is 2.49. The van der Waals surface area contributed by atoms with E-state index >= 15 is 0 Å². The van der Waals surface area contributed by atoms with Gasteiger partial charge in [0.2, 0.25) is 11.8 Å². The van der Waals surface area contributed by atoms with Crippen molar-refractivity contribution in [2.45, 2.75) is 69.4 Å². The largest absolute Gasteiger partial charge is 0.350 e. The molecule has 0 aromatic heterocycles. The van der Waals surface area contributed by atoms with Crippen molar-refractivity contribution in [3.8, 4) is 0 Å². The van der Waals surface area contributed by atoms with E-state index < -0.39 is 15.6 Å². The zero-order chi connectivity index (χ0) is 25.1. The summed E-state index contributed by atoms with van der Waals surface area (Å²) in [5.74, 6) is -0.0764. The average Bonchev–Trinajstić information content (AvgIpc) is 3.16. The summed E-state index contributed by atoms with van der Waals surface area (Å²) >= 11 is 0. The van der Waals surface area contributed by atoms with Gasteiger partial charge in [-0.05, 0) is 50.3 Å². The van der Waals surface area contributed by atoms with Crippen LogP contribution in [0, 0.1) is 12.8 Å². The lowest BCUT2D eigenvalue weighted by Gasteiger charge is -2.47. The lowest BCUT2D eigenvalue weighted by atomic mass is 9.67. The first-order valence-corrected chi connectivity index (χ1v) is 13.7. The highest BCUT2D eigenvalue weighted by atomic mass is 32.2. The number of sulfonamides is 1. The van der Waals surface area contributed by atoms with Crippen LogP contribution in [0.2, 0.25) is 0 Å². The molecule has 2 aliphatic rings. The summed E-state index contributed by atoms with van der Waals surface area (Å²) in [6.07, 6.45) is 3.37. The summed E-state index contributed by atoms with van der Waals surface area (Å²) in [4.78, 5) is 27.7. The fraction of sp³-hybridized carbons (Fsp3) is 0.444. The van der Waals surface area contributed by atoms with Gasteiger partial charge < -0.3 is 10.2 Å². The van der Waals surface area contributed by atoms with Crippen LogP contribution in [0.15, 0.2) is 63.9 Å². The summed E-state index contributed by atoms with van der Waals surface area (Å²) in [5.41, 5.74) is 1.96. The Hall–Kier alpha value is -3.00. The van der Waals surface area contributed by atoms with E-state index in [1.807, 2.05) is 42.2 Å². The Balaban J connectivity index is 1.41. The first kappa shape index (κ1) is 25.1. The van der Waals surface area contributed by atoms with Gasteiger partial charge in [-0.2, -0.15) is 12.8 Å². The van der Waals surface area contributed by atoms with E-state index in [-0.39, 0.29) is 29.0 Å². The van der Waals surface area contributed by atoms with E-state index in [4.69, 9.17) is 0 Å². The number of nitrogens with zero attached hydrogens (tertiary/aromatic N) is 2. The quantitative estimate of drug-likeness (QED) is 0.532. The van der Waals surface area contributed by atoms with Gasteiger partial charge in [0.15, 0.2) is 0 Å². The molecule has 4 rings (SSSR count). The van der Waals surface area contributed by atoms with Crippen molar-refractivity contribution >= 4 is 27.5 Å². The van der Waals surface area contributed by atoms with Crippen LogP contribution in [0.25, 0.3) is 0 Å². The molecule has 2 aromatic carbocycles. The van der Waals surface area contributed by atoms with E-state index in [9.17, 15) is 18.0 Å². The van der Waals surface area contributed by atoms with Crippen LogP contribution < -0.4 is 5.32 Å². The van der Waals surface area contributed by atoms with Gasteiger partial charge >= 0.3 is 0 Å². The number of hydrogen-bond acceptors (Lipinski definition) is 4. The van der Waals surface area contributed by atoms with Crippen molar-refractivity contribution in [3.63, 3.8) is 0 Å². The second-order valence-corrected chi connectivity index (χ2v) is 11.3. The molecule has 8 heteroatoms. The topological polar surface area (TPSA) is 95.9 Å². The molecule has 0 unspecified atom stereocenters. The highest BCUT2D eigenvalue weighted by Crippen LogP contribution is 2.43. The van der Waals surface area contributed by atoms with Crippen LogP contribution in [0.3, 0.4) is 0 Å². The van der Waals surface area contributed by atoms with Crippen LogP contribution in [0.5, 0.6) is 0 Å². The minimum Gasteiger partial charge on any atom is -0.350 e. The lowest BCUT2D eigenvalue weighted by Crippen LogP contribution is -2.59. The minimum atomic E-state index is -3.87. The SMILES string of the molecule is CCC(CC(=O)NC1([C@@H]2CC(=O)N(Cc3ccccc3)C2)CCC1)=NS(=O)(=O)c1ccc(C)cc1. The summed E-state index contributed by atoms with van der Waals surface area (Å²) in [6, 6.07) is 16.4. The van der Waals surface area contributed by atoms with Gasteiger partial charge in [0.1, 0.15) is 0 Å². The van der Waals surface area contributed by atoms with Gasteiger partial charge in [-0.15, -0.1) is 0 Å². The molecule has 2 fully saturated rings. The number of carbonyl (C=O) groups is 2. The second kappa shape index (κ2) is 10.3. The molecule has 1 saturated carbocycles. The van der Waals surface area contributed by atoms with E-state index in [1.165, 1.54) is 12.1 Å². The van der Waals surface area contributed by atoms with Gasteiger partial charge in [0.25, 0.3) is 10.0 Å². The maximum Gasteiger partial charge on any atom is 0.282 e. The number of likely N-dealkylation sites (tertiary alicyclic amines) is 1. The van der Waals surface area contributed by atoms with E-state index in [0.29, 0.717) is 31.6 Å². The Morgan fingerprint density at radius 3 is 2.40 bits per heavy atom. The van der Waals surface area contributed by atoms with Gasteiger partial charge in [-0.25, -0.2) is 0 Å². The third kappa shape index (κ3) is 5.81. The minimum absolute atomic E-state index is 0.0507. The van der Waals surface area contributed by atoms with Gasteiger partial charge in [-0.1, -0.05) is 55.0 Å². The average molecular weight is 496 g/mol. The van der Waals surface area contributed by atoms with Crippen LogP contribution in [-0.4, -0.2) is 42.9 Å². The molecular formula is C27H33N3O4S. The molecule has 1 aliphatic heterocycles. The molecule has 0 spiro atoms. The smallest absolute Gasteiger partial charge is 0.282 e. The molecule has 0 bridgehead atoms. The Morgan fingerprint density at radius 2 is 1.80 bits per heavy atom. The number of amides is 2. The van der Waals surface area contributed by atoms with Crippen molar-refractivity contribution in [1.29, 1.82) is 0 Å². The molecule has 35 heavy (non-hydrogen) atoms. The molecule has 186 valence electrons. The Bertz CT molecular complexity index is 1200. The highest BCUT2D eigenvalue weighted by molar-refractivity contribution is 7.90. The standard InChI is InChI=1S/C27H33N3O4S/c1-3-23(29-35(33,34)24-12-10-20(2)11-13-24)17-25(31)28-27(14-7-15-27)22-16-26(32)30(19-22)18-21-8-5-4-6-9-21/h4-6,8-13,22H,3,7,14-19H2,1-2H3,(H,28,31)/t22-/m1/s1. The molecule has 1 atom stereocenters. The number of rotatable bonds is 9. The number of carbonyl (C=O) groups excluding carboxylic acids is 2. The van der Waals surface area contributed by atoms with Crippen LogP contribution in [0.1, 0.15) is 56.6 Å². The van der Waals surface area contributed by atoms with Crippen molar-refractivity contribution in [2.24, 2.45) is 10.3 Å². The van der Waals surface area contributed by atoms with Crippen molar-refractivity contribution in [2.75, 3.05) is 6.54 Å². The second-order valence-electron chi connectivity index (χ2n) is 9.69. The molecule has 7 nitrogen and oxygen atoms in total. The van der Waals surface area contributed by atoms with Crippen molar-refractivity contribution in [3.05, 3.63) is 65.7 Å². The first-order valence-electron chi connectivity index (χ1n) is 12.2. The summed E-state index contributed by atoms with van der Waals surface area (Å²) in [7, 11) is -3.87. The molecule has 0 radical (unpaired) electrons. The zero-order valence-electron chi connectivity index (χ0n) is 20.4. The summed E-state index contributed by atoms with van der Waals surface area (Å²) in [5, 5.41) is 3.18. The fourth-order valence-corrected chi connectivity index (χ4v) is 6.07. The monoisotopic (exact) mass is 495 g/mol. The maximum atomic E-state index is 13.0. The van der Waals surface area contributed by atoms with Gasteiger partial charge in [-0.3, -0.25) is 9.59 Å². The zero-order valence-corrected chi connectivity index (χ0v) is 21.2.